The highest BCUT2D eigenvalue weighted by Gasteiger charge is 2.17. The molecule has 1 aromatic carbocycles. The van der Waals surface area contributed by atoms with Crippen LogP contribution in [0.3, 0.4) is 0 Å². The van der Waals surface area contributed by atoms with Crippen molar-refractivity contribution in [2.45, 2.75) is 6.29 Å². The average molecular weight is 197 g/mol. The van der Waals surface area contributed by atoms with Crippen molar-refractivity contribution in [3.05, 3.63) is 30.1 Å². The van der Waals surface area contributed by atoms with E-state index in [-0.39, 0.29) is 12.1 Å². The van der Waals surface area contributed by atoms with E-state index in [1.165, 1.54) is 12.1 Å². The van der Waals surface area contributed by atoms with Gasteiger partial charge in [0.15, 0.2) is 6.29 Å². The second-order valence-corrected chi connectivity index (χ2v) is 3.03. The van der Waals surface area contributed by atoms with Gasteiger partial charge in [0.25, 0.3) is 0 Å². The lowest BCUT2D eigenvalue weighted by Gasteiger charge is -2.25. The van der Waals surface area contributed by atoms with E-state index in [0.29, 0.717) is 0 Å². The summed E-state index contributed by atoms with van der Waals surface area (Å²) in [5.74, 6) is -0.231. The van der Waals surface area contributed by atoms with Gasteiger partial charge in [-0.1, -0.05) is 0 Å². The quantitative estimate of drug-likeness (QED) is 0.523. The van der Waals surface area contributed by atoms with Gasteiger partial charge in [0, 0.05) is 12.7 Å². The van der Waals surface area contributed by atoms with Crippen LogP contribution < -0.4 is 26.8 Å². The zero-order chi connectivity index (χ0) is 9.97. The molecule has 0 spiro atoms. The van der Waals surface area contributed by atoms with Gasteiger partial charge in [-0.3, -0.25) is 0 Å². The molecule has 6 heteroatoms. The average Bonchev–Trinajstić information content (AvgIpc) is 2.71. The summed E-state index contributed by atoms with van der Waals surface area (Å²) in [6.07, 6.45) is -0.0690. The van der Waals surface area contributed by atoms with Gasteiger partial charge in [-0.05, 0) is 24.3 Å². The standard InChI is InChI=1S/C8H12FN5/c1-14(8-10-12-13-11-8)7-4-2-6(9)3-5-7/h2-5,8,10-13H,1H3. The highest BCUT2D eigenvalue weighted by molar-refractivity contribution is 5.46. The Hall–Kier alpha value is -1.21. The third-order valence-corrected chi connectivity index (χ3v) is 2.10. The molecule has 4 N–H and O–H groups in total. The zero-order valence-corrected chi connectivity index (χ0v) is 7.71. The Labute approximate surface area is 81.2 Å². The predicted octanol–water partition coefficient (Wildman–Crippen LogP) is -0.338. The fraction of sp³-hybridized carbons (Fsp3) is 0.250. The van der Waals surface area contributed by atoms with Crippen LogP contribution in [-0.2, 0) is 0 Å². The number of anilines is 1. The summed E-state index contributed by atoms with van der Waals surface area (Å²) in [6, 6.07) is 6.30. The number of nitrogens with one attached hydrogen (secondary N) is 4. The lowest BCUT2D eigenvalue weighted by molar-refractivity contribution is 0.516. The van der Waals surface area contributed by atoms with E-state index in [0.717, 1.165) is 5.69 Å². The van der Waals surface area contributed by atoms with Crippen LogP contribution in [0.15, 0.2) is 24.3 Å². The molecule has 0 amide bonds. The Morgan fingerprint density at radius 2 is 1.71 bits per heavy atom. The Morgan fingerprint density at radius 1 is 1.14 bits per heavy atom. The maximum absolute atomic E-state index is 12.7. The van der Waals surface area contributed by atoms with E-state index >= 15 is 0 Å². The van der Waals surface area contributed by atoms with Crippen LogP contribution in [0.5, 0.6) is 0 Å². The Balaban J connectivity index is 2.09. The predicted molar refractivity (Wildman–Crippen MR) is 51.1 cm³/mol. The number of hydrazine groups is 3. The minimum absolute atomic E-state index is 0.0690. The SMILES string of the molecule is CN(c1ccc(F)cc1)C1NNNN1. The largest absolute Gasteiger partial charge is 0.345 e. The van der Waals surface area contributed by atoms with Crippen LogP contribution in [0, 0.1) is 5.82 Å². The van der Waals surface area contributed by atoms with Gasteiger partial charge in [-0.15, -0.1) is 0 Å². The fourth-order valence-electron chi connectivity index (χ4n) is 1.26. The molecule has 1 aliphatic heterocycles. The third-order valence-electron chi connectivity index (χ3n) is 2.10. The smallest absolute Gasteiger partial charge is 0.162 e. The zero-order valence-electron chi connectivity index (χ0n) is 7.71. The van der Waals surface area contributed by atoms with E-state index in [9.17, 15) is 4.39 Å². The third kappa shape index (κ3) is 1.83. The van der Waals surface area contributed by atoms with Gasteiger partial charge < -0.3 is 4.90 Å². The molecule has 2 rings (SSSR count). The van der Waals surface area contributed by atoms with Crippen LogP contribution in [0.1, 0.15) is 0 Å². The molecule has 1 heterocycles. The summed E-state index contributed by atoms with van der Waals surface area (Å²) in [6.45, 7) is 0. The fourth-order valence-corrected chi connectivity index (χ4v) is 1.26. The monoisotopic (exact) mass is 197 g/mol. The number of hydrogen-bond acceptors (Lipinski definition) is 5. The molecule has 0 aromatic heterocycles. The van der Waals surface area contributed by atoms with Gasteiger partial charge in [-0.25, -0.2) is 15.2 Å². The first-order valence-corrected chi connectivity index (χ1v) is 4.27. The van der Waals surface area contributed by atoms with Crippen molar-refractivity contribution in [1.82, 2.24) is 21.9 Å². The number of rotatable bonds is 2. The number of benzene rings is 1. The van der Waals surface area contributed by atoms with Crippen LogP contribution in [-0.4, -0.2) is 13.3 Å². The van der Waals surface area contributed by atoms with Crippen molar-refractivity contribution in [2.75, 3.05) is 11.9 Å². The second-order valence-electron chi connectivity index (χ2n) is 3.03. The highest BCUT2D eigenvalue weighted by Crippen LogP contribution is 2.13. The van der Waals surface area contributed by atoms with Crippen LogP contribution >= 0.6 is 0 Å². The van der Waals surface area contributed by atoms with Crippen molar-refractivity contribution in [3.63, 3.8) is 0 Å². The van der Waals surface area contributed by atoms with Crippen molar-refractivity contribution in [2.24, 2.45) is 0 Å². The second kappa shape index (κ2) is 3.89. The molecule has 0 saturated carbocycles. The van der Waals surface area contributed by atoms with Crippen molar-refractivity contribution >= 4 is 5.69 Å². The number of nitrogens with zero attached hydrogens (tertiary/aromatic N) is 1. The molecular weight excluding hydrogens is 185 g/mol. The summed E-state index contributed by atoms with van der Waals surface area (Å²) in [4.78, 5) is 1.92. The molecule has 1 fully saturated rings. The van der Waals surface area contributed by atoms with Crippen molar-refractivity contribution in [3.8, 4) is 0 Å². The molecular formula is C8H12FN5. The van der Waals surface area contributed by atoms with Gasteiger partial charge in [0.1, 0.15) is 5.82 Å². The summed E-state index contributed by atoms with van der Waals surface area (Å²) >= 11 is 0. The summed E-state index contributed by atoms with van der Waals surface area (Å²) < 4.78 is 12.7. The number of halogens is 1. The van der Waals surface area contributed by atoms with E-state index in [2.05, 4.69) is 21.9 Å². The number of hydrogen-bond donors (Lipinski definition) is 4. The maximum atomic E-state index is 12.7. The highest BCUT2D eigenvalue weighted by atomic mass is 19.1. The van der Waals surface area contributed by atoms with Crippen LogP contribution in [0.2, 0.25) is 0 Å². The molecule has 1 aromatic rings. The molecule has 76 valence electrons. The van der Waals surface area contributed by atoms with Crippen molar-refractivity contribution in [1.29, 1.82) is 0 Å². The van der Waals surface area contributed by atoms with Gasteiger partial charge in [0.05, 0.1) is 0 Å². The first kappa shape index (κ1) is 9.35. The van der Waals surface area contributed by atoms with Gasteiger partial charge in [0.2, 0.25) is 0 Å². The molecule has 1 saturated heterocycles. The van der Waals surface area contributed by atoms with Gasteiger partial charge in [-0.2, -0.15) is 11.1 Å². The van der Waals surface area contributed by atoms with Crippen LogP contribution in [0.4, 0.5) is 10.1 Å². The molecule has 0 radical (unpaired) electrons. The molecule has 0 unspecified atom stereocenters. The normalized spacial score (nSPS) is 17.3. The summed E-state index contributed by atoms with van der Waals surface area (Å²) in [5, 5.41) is 0. The van der Waals surface area contributed by atoms with Gasteiger partial charge >= 0.3 is 0 Å². The minimum Gasteiger partial charge on any atom is -0.345 e. The molecule has 0 atom stereocenters. The van der Waals surface area contributed by atoms with E-state index < -0.39 is 0 Å². The molecule has 5 nitrogen and oxygen atoms in total. The molecule has 1 aliphatic rings. The Kier molecular flexibility index (Phi) is 2.60. The Morgan fingerprint density at radius 3 is 2.29 bits per heavy atom. The van der Waals surface area contributed by atoms with Crippen molar-refractivity contribution < 1.29 is 4.39 Å². The molecule has 14 heavy (non-hydrogen) atoms. The lowest BCUT2D eigenvalue weighted by Crippen LogP contribution is -2.48. The van der Waals surface area contributed by atoms with Crippen LogP contribution in [0.25, 0.3) is 0 Å². The first-order chi connectivity index (χ1) is 6.77. The summed E-state index contributed by atoms with van der Waals surface area (Å²) in [7, 11) is 1.90. The minimum atomic E-state index is -0.231. The first-order valence-electron chi connectivity index (χ1n) is 4.27. The molecule has 0 aliphatic carbocycles. The van der Waals surface area contributed by atoms with E-state index in [4.69, 9.17) is 0 Å². The topological polar surface area (TPSA) is 51.4 Å². The summed E-state index contributed by atoms with van der Waals surface area (Å²) in [5.41, 5.74) is 12.2. The molecule has 0 bridgehead atoms. The Bertz CT molecular complexity index is 295. The van der Waals surface area contributed by atoms with E-state index in [1.807, 2.05) is 11.9 Å². The van der Waals surface area contributed by atoms with E-state index in [1.54, 1.807) is 12.1 Å². The maximum Gasteiger partial charge on any atom is 0.162 e. The lowest BCUT2D eigenvalue weighted by atomic mass is 10.3.